The molecule has 0 bridgehead atoms. The third kappa shape index (κ3) is 3.23. The lowest BCUT2D eigenvalue weighted by atomic mass is 10.3. The van der Waals surface area contributed by atoms with Gasteiger partial charge in [0.1, 0.15) is 5.75 Å². The number of rotatable bonds is 2. The molecule has 5 heteroatoms. The Morgan fingerprint density at radius 1 is 1.38 bits per heavy atom. The minimum atomic E-state index is -4.64. The van der Waals surface area contributed by atoms with Crippen LogP contribution in [-0.4, -0.2) is 13.4 Å². The monoisotopic (exact) mass is 190 g/mol. The van der Waals surface area contributed by atoms with Crippen LogP contribution in [-0.2, 0) is 0 Å². The minimum absolute atomic E-state index is 0.272. The van der Waals surface area contributed by atoms with E-state index in [4.69, 9.17) is 0 Å². The Morgan fingerprint density at radius 2 is 2.08 bits per heavy atom. The zero-order valence-corrected chi connectivity index (χ0v) is 6.77. The van der Waals surface area contributed by atoms with Crippen molar-refractivity contribution < 1.29 is 17.9 Å². The fourth-order valence-corrected chi connectivity index (χ4v) is 0.763. The molecule has 1 aromatic carbocycles. The number of hydrogen-bond acceptors (Lipinski definition) is 2. The van der Waals surface area contributed by atoms with Gasteiger partial charge in [-0.25, -0.2) is 0 Å². The van der Waals surface area contributed by atoms with E-state index in [1.54, 1.807) is 7.05 Å². The average molecular weight is 190 g/mol. The molecule has 1 rings (SSSR count). The van der Waals surface area contributed by atoms with Crippen LogP contribution in [0.1, 0.15) is 0 Å². The van der Waals surface area contributed by atoms with Crippen LogP contribution in [0, 0.1) is 6.07 Å². The van der Waals surface area contributed by atoms with Gasteiger partial charge in [0.25, 0.3) is 0 Å². The van der Waals surface area contributed by atoms with E-state index in [-0.39, 0.29) is 5.75 Å². The van der Waals surface area contributed by atoms with E-state index in [1.165, 1.54) is 12.1 Å². The lowest BCUT2D eigenvalue weighted by molar-refractivity contribution is -0.274. The Balaban J connectivity index is 2.70. The molecule has 0 fully saturated rings. The van der Waals surface area contributed by atoms with Gasteiger partial charge >= 0.3 is 6.36 Å². The first-order valence-electron chi connectivity index (χ1n) is 3.46. The van der Waals surface area contributed by atoms with Crippen molar-refractivity contribution in [3.05, 3.63) is 24.3 Å². The van der Waals surface area contributed by atoms with E-state index < -0.39 is 6.36 Å². The standard InChI is InChI=1S/C8H7F3NO/c1-12-6-2-4-7(5-3-6)13-8(9,10)11/h2,4-5,12H,1H3. The number of ether oxygens (including phenoxy) is 1. The first-order valence-corrected chi connectivity index (χ1v) is 3.46. The number of nitrogens with one attached hydrogen (secondary N) is 1. The topological polar surface area (TPSA) is 21.3 Å². The number of benzene rings is 1. The fraction of sp³-hybridized carbons (Fsp3) is 0.250. The largest absolute Gasteiger partial charge is 0.573 e. The molecule has 0 spiro atoms. The van der Waals surface area contributed by atoms with Gasteiger partial charge < -0.3 is 10.1 Å². The number of halogens is 3. The molecule has 0 saturated heterocycles. The zero-order chi connectivity index (χ0) is 9.90. The SMILES string of the molecule is CNc1[c]cc(OC(F)(F)F)cc1. The van der Waals surface area contributed by atoms with E-state index in [1.807, 2.05) is 0 Å². The molecule has 1 aromatic rings. The van der Waals surface area contributed by atoms with Crippen molar-refractivity contribution in [2.75, 3.05) is 12.4 Å². The van der Waals surface area contributed by atoms with Crippen LogP contribution in [0.2, 0.25) is 0 Å². The van der Waals surface area contributed by atoms with Gasteiger partial charge in [-0.15, -0.1) is 13.2 Å². The van der Waals surface area contributed by atoms with Gasteiger partial charge in [0.05, 0.1) is 0 Å². The molecule has 1 radical (unpaired) electrons. The van der Waals surface area contributed by atoms with Crippen LogP contribution < -0.4 is 10.1 Å². The first kappa shape index (κ1) is 9.70. The van der Waals surface area contributed by atoms with Gasteiger partial charge in [-0.2, -0.15) is 0 Å². The Hall–Kier alpha value is -1.39. The second-order valence-electron chi connectivity index (χ2n) is 2.24. The van der Waals surface area contributed by atoms with Crippen LogP contribution >= 0.6 is 0 Å². The van der Waals surface area contributed by atoms with E-state index in [2.05, 4.69) is 16.1 Å². The van der Waals surface area contributed by atoms with Crippen molar-refractivity contribution in [3.63, 3.8) is 0 Å². The normalized spacial score (nSPS) is 11.1. The molecule has 0 aromatic heterocycles. The van der Waals surface area contributed by atoms with Gasteiger partial charge in [0.2, 0.25) is 0 Å². The summed E-state index contributed by atoms with van der Waals surface area (Å²) in [7, 11) is 1.65. The van der Waals surface area contributed by atoms with E-state index in [9.17, 15) is 13.2 Å². The van der Waals surface area contributed by atoms with Crippen molar-refractivity contribution in [1.29, 1.82) is 0 Å². The summed E-state index contributed by atoms with van der Waals surface area (Å²) < 4.78 is 38.7. The fourth-order valence-electron chi connectivity index (χ4n) is 0.763. The summed E-state index contributed by atoms with van der Waals surface area (Å²) in [5.41, 5.74) is 0.606. The maximum absolute atomic E-state index is 11.7. The number of alkyl halides is 3. The van der Waals surface area contributed by atoms with Crippen molar-refractivity contribution >= 4 is 5.69 Å². The Kier molecular flexibility index (Phi) is 2.65. The number of anilines is 1. The van der Waals surface area contributed by atoms with Crippen molar-refractivity contribution in [2.45, 2.75) is 6.36 Å². The van der Waals surface area contributed by atoms with Crippen molar-refractivity contribution in [2.24, 2.45) is 0 Å². The summed E-state index contributed by atoms with van der Waals surface area (Å²) >= 11 is 0. The third-order valence-corrected chi connectivity index (χ3v) is 1.29. The Bertz CT molecular complexity index is 268. The third-order valence-electron chi connectivity index (χ3n) is 1.29. The predicted octanol–water partition coefficient (Wildman–Crippen LogP) is 2.43. The van der Waals surface area contributed by atoms with Gasteiger partial charge in [-0.05, 0) is 18.2 Å². The predicted molar refractivity (Wildman–Crippen MR) is 41.5 cm³/mol. The first-order chi connectivity index (χ1) is 6.01. The molecule has 1 N–H and O–H groups in total. The van der Waals surface area contributed by atoms with Crippen molar-refractivity contribution in [3.8, 4) is 5.75 Å². The van der Waals surface area contributed by atoms with Crippen LogP contribution in [0.3, 0.4) is 0 Å². The van der Waals surface area contributed by atoms with Gasteiger partial charge in [-0.1, -0.05) is 0 Å². The Labute approximate surface area is 73.3 Å². The number of hydrogen-bond donors (Lipinski definition) is 1. The van der Waals surface area contributed by atoms with E-state index in [0.29, 0.717) is 5.69 Å². The summed E-state index contributed by atoms with van der Waals surface area (Å²) in [5, 5.41) is 2.72. The molecular weight excluding hydrogens is 183 g/mol. The Morgan fingerprint density at radius 3 is 2.46 bits per heavy atom. The highest BCUT2D eigenvalue weighted by molar-refractivity contribution is 5.44. The summed E-state index contributed by atoms with van der Waals surface area (Å²) in [5.74, 6) is -0.272. The molecule has 2 nitrogen and oxygen atoms in total. The average Bonchev–Trinajstić information content (AvgIpc) is 2.03. The molecule has 0 aliphatic carbocycles. The van der Waals surface area contributed by atoms with Crippen LogP contribution in [0.25, 0.3) is 0 Å². The van der Waals surface area contributed by atoms with Gasteiger partial charge in [0.15, 0.2) is 0 Å². The molecule has 0 unspecified atom stereocenters. The minimum Gasteiger partial charge on any atom is -0.406 e. The van der Waals surface area contributed by atoms with Crippen LogP contribution in [0.4, 0.5) is 18.9 Å². The lowest BCUT2D eigenvalue weighted by Crippen LogP contribution is -2.17. The summed E-state index contributed by atoms with van der Waals surface area (Å²) in [6.07, 6.45) is -4.64. The van der Waals surface area contributed by atoms with Gasteiger partial charge in [0, 0.05) is 18.8 Å². The summed E-state index contributed by atoms with van der Waals surface area (Å²) in [6.45, 7) is 0. The molecule has 0 aliphatic heterocycles. The molecular formula is C8H7F3NO. The molecule has 0 saturated carbocycles. The molecule has 0 atom stereocenters. The maximum Gasteiger partial charge on any atom is 0.573 e. The second kappa shape index (κ2) is 3.55. The maximum atomic E-state index is 11.7. The lowest BCUT2D eigenvalue weighted by Gasteiger charge is -2.08. The second-order valence-corrected chi connectivity index (χ2v) is 2.24. The summed E-state index contributed by atoms with van der Waals surface area (Å²) in [4.78, 5) is 0. The molecule has 71 valence electrons. The zero-order valence-electron chi connectivity index (χ0n) is 6.77. The molecule has 0 heterocycles. The van der Waals surface area contributed by atoms with Gasteiger partial charge in [-0.3, -0.25) is 0 Å². The van der Waals surface area contributed by atoms with Crippen LogP contribution in [0.15, 0.2) is 18.2 Å². The highest BCUT2D eigenvalue weighted by atomic mass is 19.4. The smallest absolute Gasteiger partial charge is 0.406 e. The highest BCUT2D eigenvalue weighted by Gasteiger charge is 2.30. The summed E-state index contributed by atoms with van der Waals surface area (Å²) in [6, 6.07) is 6.36. The van der Waals surface area contributed by atoms with Crippen LogP contribution in [0.5, 0.6) is 5.75 Å². The molecule has 0 amide bonds. The van der Waals surface area contributed by atoms with E-state index >= 15 is 0 Å². The molecule has 13 heavy (non-hydrogen) atoms. The quantitative estimate of drug-likeness (QED) is 0.773. The van der Waals surface area contributed by atoms with E-state index in [0.717, 1.165) is 6.07 Å². The molecule has 0 aliphatic rings. The van der Waals surface area contributed by atoms with Crippen molar-refractivity contribution in [1.82, 2.24) is 0 Å². The highest BCUT2D eigenvalue weighted by Crippen LogP contribution is 2.23.